The second-order valence-corrected chi connectivity index (χ2v) is 3.68. The lowest BCUT2D eigenvalue weighted by molar-refractivity contribution is 0.103. The summed E-state index contributed by atoms with van der Waals surface area (Å²) in [7, 11) is 1.38. The van der Waals surface area contributed by atoms with Crippen molar-refractivity contribution in [2.24, 2.45) is 0 Å². The Morgan fingerprint density at radius 1 is 1.06 bits per heavy atom. The van der Waals surface area contributed by atoms with Gasteiger partial charge in [-0.05, 0) is 30.3 Å². The van der Waals surface area contributed by atoms with Gasteiger partial charge in [0.15, 0.2) is 5.78 Å². The number of carbonyl (C=O) groups excluding carboxylic acids is 1. The zero-order valence-corrected chi connectivity index (χ0v) is 9.61. The average Bonchev–Trinajstić information content (AvgIpc) is 2.38. The number of ether oxygens (including phenoxy) is 1. The summed E-state index contributed by atoms with van der Waals surface area (Å²) in [5, 5.41) is 0. The van der Waals surface area contributed by atoms with E-state index in [1.807, 2.05) is 0 Å². The Balaban J connectivity index is 2.48. The van der Waals surface area contributed by atoms with Crippen LogP contribution in [0.1, 0.15) is 15.9 Å². The number of methoxy groups -OCH3 is 1. The maximum absolute atomic E-state index is 13.2. The van der Waals surface area contributed by atoms with Crippen LogP contribution in [0.15, 0.2) is 42.5 Å². The maximum Gasteiger partial charge on any atom is 0.196 e. The lowest BCUT2D eigenvalue weighted by Gasteiger charge is -2.07. The van der Waals surface area contributed by atoms with Gasteiger partial charge in [-0.3, -0.25) is 4.79 Å². The molecule has 0 aromatic heterocycles. The molecule has 0 saturated carbocycles. The molecule has 18 heavy (non-hydrogen) atoms. The fraction of sp³-hybridized carbons (Fsp3) is 0.0714. The molecule has 4 heteroatoms. The van der Waals surface area contributed by atoms with E-state index in [2.05, 4.69) is 0 Å². The molecule has 0 saturated heterocycles. The van der Waals surface area contributed by atoms with Crippen molar-refractivity contribution in [3.63, 3.8) is 0 Å². The van der Waals surface area contributed by atoms with Gasteiger partial charge in [-0.2, -0.15) is 0 Å². The van der Waals surface area contributed by atoms with Crippen LogP contribution in [0.3, 0.4) is 0 Å². The van der Waals surface area contributed by atoms with E-state index in [1.165, 1.54) is 37.4 Å². The van der Waals surface area contributed by atoms with E-state index >= 15 is 0 Å². The topological polar surface area (TPSA) is 26.3 Å². The molecular formula is C14H10F2O2. The molecule has 0 heterocycles. The van der Waals surface area contributed by atoms with E-state index in [4.69, 9.17) is 4.74 Å². The van der Waals surface area contributed by atoms with Crippen molar-refractivity contribution in [1.29, 1.82) is 0 Å². The average molecular weight is 248 g/mol. The third-order valence-corrected chi connectivity index (χ3v) is 2.49. The first-order valence-corrected chi connectivity index (χ1v) is 5.25. The molecule has 0 amide bonds. The van der Waals surface area contributed by atoms with Crippen LogP contribution in [0.4, 0.5) is 8.78 Å². The van der Waals surface area contributed by atoms with Gasteiger partial charge < -0.3 is 4.74 Å². The molecule has 0 N–H and O–H groups in total. The molecule has 2 rings (SSSR count). The first kappa shape index (κ1) is 12.2. The summed E-state index contributed by atoms with van der Waals surface area (Å²) in [6.07, 6.45) is 0. The SMILES string of the molecule is COc1ccc(F)cc1C(=O)c1cccc(F)c1. The summed E-state index contributed by atoms with van der Waals surface area (Å²) in [6, 6.07) is 8.87. The van der Waals surface area contributed by atoms with Crippen molar-refractivity contribution < 1.29 is 18.3 Å². The van der Waals surface area contributed by atoms with Crippen molar-refractivity contribution >= 4 is 5.78 Å². The molecule has 0 aliphatic carbocycles. The molecule has 2 aromatic rings. The molecule has 92 valence electrons. The second-order valence-electron chi connectivity index (χ2n) is 3.68. The summed E-state index contributed by atoms with van der Waals surface area (Å²) in [6.45, 7) is 0. The van der Waals surface area contributed by atoms with Gasteiger partial charge in [0.1, 0.15) is 17.4 Å². The molecule has 0 fully saturated rings. The minimum atomic E-state index is -0.546. The van der Waals surface area contributed by atoms with E-state index in [-0.39, 0.29) is 16.9 Å². The highest BCUT2D eigenvalue weighted by Gasteiger charge is 2.15. The Morgan fingerprint density at radius 3 is 2.44 bits per heavy atom. The normalized spacial score (nSPS) is 10.2. The molecule has 0 unspecified atom stereocenters. The van der Waals surface area contributed by atoms with Crippen LogP contribution in [-0.2, 0) is 0 Å². The Morgan fingerprint density at radius 2 is 1.78 bits per heavy atom. The summed E-state index contributed by atoms with van der Waals surface area (Å²) in [4.78, 5) is 12.1. The van der Waals surface area contributed by atoms with Crippen LogP contribution >= 0.6 is 0 Å². The van der Waals surface area contributed by atoms with E-state index in [0.29, 0.717) is 0 Å². The molecule has 0 bridgehead atoms. The Hall–Kier alpha value is -2.23. The van der Waals surface area contributed by atoms with Gasteiger partial charge >= 0.3 is 0 Å². The predicted octanol–water partition coefficient (Wildman–Crippen LogP) is 3.20. The van der Waals surface area contributed by atoms with E-state index < -0.39 is 17.4 Å². The van der Waals surface area contributed by atoms with Crippen LogP contribution < -0.4 is 4.74 Å². The number of benzene rings is 2. The summed E-state index contributed by atoms with van der Waals surface area (Å²) in [5.41, 5.74) is 0.224. The first-order chi connectivity index (χ1) is 8.61. The number of carbonyl (C=O) groups is 1. The summed E-state index contributed by atoms with van der Waals surface area (Å²) in [5.74, 6) is -1.29. The van der Waals surface area contributed by atoms with Gasteiger partial charge in [0, 0.05) is 5.56 Å². The minimum Gasteiger partial charge on any atom is -0.496 e. The number of hydrogen-bond donors (Lipinski definition) is 0. The molecule has 0 spiro atoms. The molecule has 2 nitrogen and oxygen atoms in total. The highest BCUT2D eigenvalue weighted by Crippen LogP contribution is 2.22. The number of hydrogen-bond acceptors (Lipinski definition) is 2. The van der Waals surface area contributed by atoms with Crippen molar-refractivity contribution in [1.82, 2.24) is 0 Å². The third kappa shape index (κ3) is 2.37. The van der Waals surface area contributed by atoms with Crippen molar-refractivity contribution in [3.05, 3.63) is 65.2 Å². The highest BCUT2D eigenvalue weighted by molar-refractivity contribution is 6.10. The molecule has 0 atom stereocenters. The van der Waals surface area contributed by atoms with Crippen LogP contribution in [0.25, 0.3) is 0 Å². The second kappa shape index (κ2) is 4.96. The molecule has 0 aliphatic rings. The van der Waals surface area contributed by atoms with Crippen molar-refractivity contribution in [2.45, 2.75) is 0 Å². The molecular weight excluding hydrogens is 238 g/mol. The zero-order valence-electron chi connectivity index (χ0n) is 9.61. The van der Waals surface area contributed by atoms with Crippen LogP contribution in [0.2, 0.25) is 0 Å². The highest BCUT2D eigenvalue weighted by atomic mass is 19.1. The summed E-state index contributed by atoms with van der Waals surface area (Å²) >= 11 is 0. The fourth-order valence-corrected chi connectivity index (χ4v) is 1.64. The maximum atomic E-state index is 13.2. The van der Waals surface area contributed by atoms with Gasteiger partial charge in [0.25, 0.3) is 0 Å². The Kier molecular flexibility index (Phi) is 3.37. The number of ketones is 1. The van der Waals surface area contributed by atoms with E-state index in [1.54, 1.807) is 0 Å². The number of halogens is 2. The molecule has 0 radical (unpaired) electrons. The Labute approximate surface area is 103 Å². The van der Waals surface area contributed by atoms with Gasteiger partial charge in [0.05, 0.1) is 12.7 Å². The van der Waals surface area contributed by atoms with Crippen LogP contribution in [0.5, 0.6) is 5.75 Å². The van der Waals surface area contributed by atoms with Gasteiger partial charge in [-0.15, -0.1) is 0 Å². The zero-order chi connectivity index (χ0) is 13.1. The van der Waals surface area contributed by atoms with Crippen molar-refractivity contribution in [2.75, 3.05) is 7.11 Å². The lowest BCUT2D eigenvalue weighted by Crippen LogP contribution is -2.05. The molecule has 2 aromatic carbocycles. The van der Waals surface area contributed by atoms with Crippen molar-refractivity contribution in [3.8, 4) is 5.75 Å². The van der Waals surface area contributed by atoms with Gasteiger partial charge in [-0.1, -0.05) is 12.1 Å². The minimum absolute atomic E-state index is 0.0723. The standard InChI is InChI=1S/C14H10F2O2/c1-18-13-6-5-11(16)8-12(13)14(17)9-3-2-4-10(15)7-9/h2-8H,1H3. The Bertz CT molecular complexity index is 594. The van der Waals surface area contributed by atoms with Gasteiger partial charge in [0.2, 0.25) is 0 Å². The quantitative estimate of drug-likeness (QED) is 0.780. The van der Waals surface area contributed by atoms with Gasteiger partial charge in [-0.25, -0.2) is 8.78 Å². The predicted molar refractivity (Wildman–Crippen MR) is 62.8 cm³/mol. The van der Waals surface area contributed by atoms with Crippen LogP contribution in [-0.4, -0.2) is 12.9 Å². The third-order valence-electron chi connectivity index (χ3n) is 2.49. The van der Waals surface area contributed by atoms with E-state index in [9.17, 15) is 13.6 Å². The summed E-state index contributed by atoms with van der Waals surface area (Å²) < 4.78 is 31.2. The lowest BCUT2D eigenvalue weighted by atomic mass is 10.0. The van der Waals surface area contributed by atoms with E-state index in [0.717, 1.165) is 12.1 Å². The number of rotatable bonds is 3. The fourth-order valence-electron chi connectivity index (χ4n) is 1.64. The first-order valence-electron chi connectivity index (χ1n) is 5.25. The largest absolute Gasteiger partial charge is 0.496 e. The monoisotopic (exact) mass is 248 g/mol. The smallest absolute Gasteiger partial charge is 0.196 e. The molecule has 0 aliphatic heterocycles. The van der Waals surface area contributed by atoms with Crippen LogP contribution in [0, 0.1) is 11.6 Å².